The third kappa shape index (κ3) is 3.60. The maximum Gasteiger partial charge on any atom is 0.0700 e. The van der Waals surface area contributed by atoms with Gasteiger partial charge in [-0.3, -0.25) is 4.98 Å². The first-order chi connectivity index (χ1) is 9.70. The van der Waals surface area contributed by atoms with E-state index in [1.165, 1.54) is 5.56 Å². The van der Waals surface area contributed by atoms with E-state index in [-0.39, 0.29) is 0 Å². The van der Waals surface area contributed by atoms with Crippen molar-refractivity contribution in [1.29, 1.82) is 0 Å². The topological polar surface area (TPSA) is 37.6 Å². The summed E-state index contributed by atoms with van der Waals surface area (Å²) in [6.45, 7) is 6.12. The zero-order valence-electron chi connectivity index (χ0n) is 12.2. The van der Waals surface area contributed by atoms with Crippen molar-refractivity contribution in [3.05, 3.63) is 65.5 Å². The third-order valence-corrected chi connectivity index (χ3v) is 3.12. The zero-order valence-corrected chi connectivity index (χ0v) is 12.2. The maximum absolute atomic E-state index is 4.40. The molecule has 2 aromatic rings. The Kier molecular flexibility index (Phi) is 4.77. The lowest BCUT2D eigenvalue weighted by molar-refractivity contribution is 1.16. The predicted molar refractivity (Wildman–Crippen MR) is 84.5 cm³/mol. The average Bonchev–Trinajstić information content (AvgIpc) is 2.50. The number of nitrogens with zero attached hydrogens (tertiary/aromatic N) is 3. The fourth-order valence-corrected chi connectivity index (χ4v) is 1.85. The van der Waals surface area contributed by atoms with Gasteiger partial charge in [0.2, 0.25) is 0 Å². The van der Waals surface area contributed by atoms with Crippen LogP contribution in [0.25, 0.3) is 0 Å². The van der Waals surface area contributed by atoms with E-state index in [0.717, 1.165) is 29.0 Å². The van der Waals surface area contributed by atoms with Gasteiger partial charge in [-0.2, -0.15) is 10.2 Å². The van der Waals surface area contributed by atoms with Crippen molar-refractivity contribution < 1.29 is 0 Å². The van der Waals surface area contributed by atoms with E-state index in [9.17, 15) is 0 Å². The van der Waals surface area contributed by atoms with E-state index in [1.54, 1.807) is 12.4 Å². The Bertz CT molecular complexity index is 610. The molecule has 102 valence electrons. The molecule has 0 aliphatic carbocycles. The lowest BCUT2D eigenvalue weighted by atomic mass is 10.1. The van der Waals surface area contributed by atoms with Crippen molar-refractivity contribution in [1.82, 2.24) is 4.98 Å². The molecule has 0 atom stereocenters. The molecule has 1 aromatic carbocycles. The van der Waals surface area contributed by atoms with E-state index in [4.69, 9.17) is 0 Å². The van der Waals surface area contributed by atoms with Crippen LogP contribution in [0, 0.1) is 6.92 Å². The average molecular weight is 265 g/mol. The van der Waals surface area contributed by atoms with E-state index < -0.39 is 0 Å². The van der Waals surface area contributed by atoms with E-state index in [0.29, 0.717) is 0 Å². The molecule has 0 amide bonds. The Labute approximate surface area is 120 Å². The van der Waals surface area contributed by atoms with Crippen molar-refractivity contribution in [3.8, 4) is 0 Å². The van der Waals surface area contributed by atoms with Crippen LogP contribution in [0.2, 0.25) is 0 Å². The largest absolute Gasteiger partial charge is 0.264 e. The van der Waals surface area contributed by atoms with Gasteiger partial charge in [0.05, 0.1) is 11.4 Å². The summed E-state index contributed by atoms with van der Waals surface area (Å²) in [5, 5.41) is 8.72. The van der Waals surface area contributed by atoms with Gasteiger partial charge in [-0.25, -0.2) is 0 Å². The van der Waals surface area contributed by atoms with Gasteiger partial charge in [-0.15, -0.1) is 0 Å². The van der Waals surface area contributed by atoms with Gasteiger partial charge in [-0.1, -0.05) is 42.8 Å². The van der Waals surface area contributed by atoms with E-state index in [1.807, 2.05) is 19.1 Å². The highest BCUT2D eigenvalue weighted by atomic mass is 15.2. The van der Waals surface area contributed by atoms with Crippen LogP contribution in [-0.4, -0.2) is 16.4 Å². The molecule has 20 heavy (non-hydrogen) atoms. The van der Waals surface area contributed by atoms with Crippen molar-refractivity contribution in [2.24, 2.45) is 10.2 Å². The van der Waals surface area contributed by atoms with Crippen LogP contribution in [0.5, 0.6) is 0 Å². The molecule has 0 fully saturated rings. The third-order valence-electron chi connectivity index (χ3n) is 3.12. The lowest BCUT2D eigenvalue weighted by Crippen LogP contribution is -2.00. The zero-order chi connectivity index (χ0) is 14.4. The number of benzene rings is 1. The summed E-state index contributed by atoms with van der Waals surface area (Å²) in [7, 11) is 0. The van der Waals surface area contributed by atoms with Gasteiger partial charge in [0, 0.05) is 18.0 Å². The Morgan fingerprint density at radius 1 is 1.05 bits per heavy atom. The molecule has 3 nitrogen and oxygen atoms in total. The second-order valence-electron chi connectivity index (χ2n) is 4.69. The van der Waals surface area contributed by atoms with Gasteiger partial charge in [0.25, 0.3) is 0 Å². The maximum atomic E-state index is 4.40. The van der Waals surface area contributed by atoms with Crippen molar-refractivity contribution >= 4 is 11.4 Å². The minimum atomic E-state index is 0.854. The minimum absolute atomic E-state index is 0.854. The van der Waals surface area contributed by atoms with Crippen LogP contribution in [0.4, 0.5) is 0 Å². The molecule has 1 aromatic heterocycles. The molecular formula is C17H19N3. The summed E-state index contributed by atoms with van der Waals surface area (Å²) < 4.78 is 0. The van der Waals surface area contributed by atoms with Crippen LogP contribution in [-0.2, 0) is 0 Å². The van der Waals surface area contributed by atoms with Crippen molar-refractivity contribution in [3.63, 3.8) is 0 Å². The standard InChI is InChI=1S/C17H19N3/c1-4-17(15-9-7-13(2)8-10-15)20-19-14(3)16-6-5-11-18-12-16/h5-12H,4H2,1-3H3/b19-14+,20-17+. The fourth-order valence-electron chi connectivity index (χ4n) is 1.85. The highest BCUT2D eigenvalue weighted by Gasteiger charge is 2.01. The Balaban J connectivity index is 2.25. The van der Waals surface area contributed by atoms with Crippen molar-refractivity contribution in [2.45, 2.75) is 27.2 Å². The number of hydrogen-bond donors (Lipinski definition) is 0. The molecular weight excluding hydrogens is 246 g/mol. The molecule has 2 rings (SSSR count). The first-order valence-electron chi connectivity index (χ1n) is 6.79. The number of aromatic nitrogens is 1. The summed E-state index contributed by atoms with van der Waals surface area (Å²) in [5.74, 6) is 0. The van der Waals surface area contributed by atoms with Crippen LogP contribution < -0.4 is 0 Å². The summed E-state index contributed by atoms with van der Waals surface area (Å²) >= 11 is 0. The molecule has 0 radical (unpaired) electrons. The number of hydrogen-bond acceptors (Lipinski definition) is 3. The number of rotatable bonds is 4. The molecule has 0 unspecified atom stereocenters. The quantitative estimate of drug-likeness (QED) is 0.608. The molecule has 0 aliphatic rings. The second kappa shape index (κ2) is 6.75. The molecule has 1 heterocycles. The van der Waals surface area contributed by atoms with Crippen LogP contribution in [0.15, 0.2) is 59.0 Å². The van der Waals surface area contributed by atoms with Gasteiger partial charge in [0.1, 0.15) is 0 Å². The van der Waals surface area contributed by atoms with Gasteiger partial charge >= 0.3 is 0 Å². The molecule has 0 saturated carbocycles. The van der Waals surface area contributed by atoms with Gasteiger partial charge < -0.3 is 0 Å². The Morgan fingerprint density at radius 3 is 2.40 bits per heavy atom. The van der Waals surface area contributed by atoms with E-state index in [2.05, 4.69) is 53.3 Å². The summed E-state index contributed by atoms with van der Waals surface area (Å²) in [6, 6.07) is 12.3. The highest BCUT2D eigenvalue weighted by molar-refractivity contribution is 6.02. The molecule has 0 saturated heterocycles. The summed E-state index contributed by atoms with van der Waals surface area (Å²) in [6.07, 6.45) is 4.41. The second-order valence-corrected chi connectivity index (χ2v) is 4.69. The molecule has 0 N–H and O–H groups in total. The monoisotopic (exact) mass is 265 g/mol. The first kappa shape index (κ1) is 14.1. The molecule has 0 aliphatic heterocycles. The van der Waals surface area contributed by atoms with Crippen LogP contribution >= 0.6 is 0 Å². The van der Waals surface area contributed by atoms with E-state index >= 15 is 0 Å². The summed E-state index contributed by atoms with van der Waals surface area (Å²) in [4.78, 5) is 4.09. The molecule has 0 spiro atoms. The van der Waals surface area contributed by atoms with Crippen LogP contribution in [0.3, 0.4) is 0 Å². The SMILES string of the molecule is CC/C(=N\N=C(/C)c1cccnc1)c1ccc(C)cc1. The fraction of sp³-hybridized carbons (Fsp3) is 0.235. The predicted octanol–water partition coefficient (Wildman–Crippen LogP) is 4.01. The minimum Gasteiger partial charge on any atom is -0.264 e. The highest BCUT2D eigenvalue weighted by Crippen LogP contribution is 2.08. The first-order valence-corrected chi connectivity index (χ1v) is 6.79. The normalized spacial score (nSPS) is 12.6. The molecule has 0 bridgehead atoms. The Hall–Kier alpha value is -2.29. The smallest absolute Gasteiger partial charge is 0.0700 e. The van der Waals surface area contributed by atoms with Crippen molar-refractivity contribution in [2.75, 3.05) is 0 Å². The van der Waals surface area contributed by atoms with Crippen LogP contribution in [0.1, 0.15) is 37.0 Å². The molecule has 3 heteroatoms. The number of aryl methyl sites for hydroxylation is 1. The van der Waals surface area contributed by atoms with Gasteiger partial charge in [0.15, 0.2) is 0 Å². The number of pyridine rings is 1. The summed E-state index contributed by atoms with van der Waals surface area (Å²) in [5.41, 5.74) is 5.24. The Morgan fingerprint density at radius 2 is 1.80 bits per heavy atom. The van der Waals surface area contributed by atoms with Gasteiger partial charge in [-0.05, 0) is 31.9 Å². The lowest BCUT2D eigenvalue weighted by Gasteiger charge is -2.03.